The summed E-state index contributed by atoms with van der Waals surface area (Å²) < 4.78 is 40.9. The molecule has 3 rings (SSSR count). The first-order valence-corrected chi connectivity index (χ1v) is 11.0. The van der Waals surface area contributed by atoms with E-state index >= 15 is 0 Å². The van der Waals surface area contributed by atoms with Crippen molar-refractivity contribution < 1.29 is 32.2 Å². The van der Waals surface area contributed by atoms with Crippen molar-refractivity contribution in [3.05, 3.63) is 48.0 Å². The number of rotatable bonds is 8. The molecule has 0 aliphatic carbocycles. The highest BCUT2D eigenvalue weighted by molar-refractivity contribution is 7.92. The molecule has 0 fully saturated rings. The highest BCUT2D eigenvalue weighted by atomic mass is 32.2. The van der Waals surface area contributed by atoms with Crippen molar-refractivity contribution in [1.82, 2.24) is 0 Å². The van der Waals surface area contributed by atoms with E-state index in [4.69, 9.17) is 9.47 Å². The third kappa shape index (κ3) is 5.20. The number of sulfonamides is 1. The zero-order chi connectivity index (χ0) is 21.7. The number of hydrogen-bond donors (Lipinski definition) is 1. The normalized spacial score (nSPS) is 12.3. The molecule has 2 aromatic rings. The highest BCUT2D eigenvalue weighted by Gasteiger charge is 2.21. The number of ether oxygens (including phenoxy) is 3. The Morgan fingerprint density at radius 1 is 1.13 bits per heavy atom. The third-order valence-corrected chi connectivity index (χ3v) is 5.57. The van der Waals surface area contributed by atoms with Gasteiger partial charge in [-0.25, -0.2) is 13.2 Å². The van der Waals surface area contributed by atoms with Gasteiger partial charge in [-0.15, -0.1) is 0 Å². The molecule has 2 aromatic carbocycles. The molecule has 10 heteroatoms. The summed E-state index contributed by atoms with van der Waals surface area (Å²) in [6, 6.07) is 11.3. The van der Waals surface area contributed by atoms with Crippen LogP contribution in [0.4, 0.5) is 11.4 Å². The lowest BCUT2D eigenvalue weighted by Crippen LogP contribution is -2.31. The molecule has 0 bridgehead atoms. The quantitative estimate of drug-likeness (QED) is 0.635. The molecular weight excluding hydrogens is 412 g/mol. The predicted molar refractivity (Wildman–Crippen MR) is 110 cm³/mol. The number of carbonyl (C=O) groups excluding carboxylic acids is 2. The number of fused-ring (bicyclic) bond motifs is 1. The SMILES string of the molecule is COC(=O)c1cccc(NC(=O)CCCN(c2ccc3c(c2)OCO3)S(C)(=O)=O)c1. The average molecular weight is 434 g/mol. The molecule has 0 unspecified atom stereocenters. The van der Waals surface area contributed by atoms with Gasteiger partial charge < -0.3 is 19.5 Å². The molecule has 160 valence electrons. The number of nitrogens with zero attached hydrogens (tertiary/aromatic N) is 1. The van der Waals surface area contributed by atoms with Gasteiger partial charge in [0, 0.05) is 24.7 Å². The minimum Gasteiger partial charge on any atom is -0.465 e. The van der Waals surface area contributed by atoms with E-state index in [1.807, 2.05) is 0 Å². The van der Waals surface area contributed by atoms with E-state index in [9.17, 15) is 18.0 Å². The van der Waals surface area contributed by atoms with Crippen LogP contribution in [-0.4, -0.2) is 47.0 Å². The van der Waals surface area contributed by atoms with E-state index in [-0.39, 0.29) is 25.7 Å². The Bertz CT molecular complexity index is 1050. The summed E-state index contributed by atoms with van der Waals surface area (Å²) in [6.07, 6.45) is 1.50. The van der Waals surface area contributed by atoms with Gasteiger partial charge in [-0.05, 0) is 36.8 Å². The van der Waals surface area contributed by atoms with E-state index in [0.717, 1.165) is 6.26 Å². The molecule has 0 radical (unpaired) electrons. The Hall–Kier alpha value is -3.27. The molecule has 0 atom stereocenters. The second-order valence-electron chi connectivity index (χ2n) is 6.60. The summed E-state index contributed by atoms with van der Waals surface area (Å²) >= 11 is 0. The van der Waals surface area contributed by atoms with Crippen LogP contribution in [0.1, 0.15) is 23.2 Å². The fourth-order valence-electron chi connectivity index (χ4n) is 2.98. The van der Waals surface area contributed by atoms with E-state index in [1.54, 1.807) is 36.4 Å². The van der Waals surface area contributed by atoms with Crippen LogP contribution in [0, 0.1) is 0 Å². The zero-order valence-electron chi connectivity index (χ0n) is 16.6. The Labute approximate surface area is 174 Å². The number of benzene rings is 2. The van der Waals surface area contributed by atoms with Crippen molar-refractivity contribution in [2.24, 2.45) is 0 Å². The molecule has 0 spiro atoms. The van der Waals surface area contributed by atoms with Crippen molar-refractivity contribution in [2.75, 3.05) is 36.3 Å². The molecule has 1 heterocycles. The third-order valence-electron chi connectivity index (χ3n) is 4.38. The molecule has 0 saturated heterocycles. The molecule has 9 nitrogen and oxygen atoms in total. The number of carbonyl (C=O) groups is 2. The van der Waals surface area contributed by atoms with Crippen LogP contribution < -0.4 is 19.1 Å². The van der Waals surface area contributed by atoms with E-state index in [2.05, 4.69) is 10.1 Å². The summed E-state index contributed by atoms with van der Waals surface area (Å²) in [7, 11) is -2.28. The van der Waals surface area contributed by atoms with Crippen LogP contribution in [0.5, 0.6) is 11.5 Å². The summed E-state index contributed by atoms with van der Waals surface area (Å²) in [4.78, 5) is 23.8. The second kappa shape index (κ2) is 9.04. The van der Waals surface area contributed by atoms with E-state index in [0.29, 0.717) is 34.9 Å². The molecule has 0 saturated carbocycles. The molecule has 1 aliphatic heterocycles. The van der Waals surface area contributed by atoms with Crippen molar-refractivity contribution in [1.29, 1.82) is 0 Å². The largest absolute Gasteiger partial charge is 0.465 e. The molecule has 0 aromatic heterocycles. The molecular formula is C20H22N2O7S. The van der Waals surface area contributed by atoms with Crippen molar-refractivity contribution in [3.8, 4) is 11.5 Å². The van der Waals surface area contributed by atoms with Crippen LogP contribution in [0.25, 0.3) is 0 Å². The highest BCUT2D eigenvalue weighted by Crippen LogP contribution is 2.36. The summed E-state index contributed by atoms with van der Waals surface area (Å²) in [5.41, 5.74) is 1.22. The van der Waals surface area contributed by atoms with Gasteiger partial charge in [0.15, 0.2) is 11.5 Å². The van der Waals surface area contributed by atoms with Gasteiger partial charge in [0.1, 0.15) is 0 Å². The summed E-state index contributed by atoms with van der Waals surface area (Å²) in [5, 5.41) is 2.70. The average Bonchev–Trinajstić information content (AvgIpc) is 3.17. The standard InChI is InChI=1S/C20H22N2O7S/c1-27-20(24)14-5-3-6-15(11-14)21-19(23)7-4-10-22(30(2,25)26)16-8-9-17-18(12-16)29-13-28-17/h3,5-6,8-9,11-12H,4,7,10,13H2,1-2H3,(H,21,23). The van der Waals surface area contributed by atoms with Gasteiger partial charge in [-0.3, -0.25) is 9.10 Å². The minimum atomic E-state index is -3.56. The maximum atomic E-state index is 12.3. The maximum Gasteiger partial charge on any atom is 0.337 e. The van der Waals surface area contributed by atoms with Crippen LogP contribution in [0.15, 0.2) is 42.5 Å². The van der Waals surface area contributed by atoms with Gasteiger partial charge in [0.05, 0.1) is 24.6 Å². The van der Waals surface area contributed by atoms with Crippen molar-refractivity contribution in [2.45, 2.75) is 12.8 Å². The van der Waals surface area contributed by atoms with Crippen LogP contribution >= 0.6 is 0 Å². The van der Waals surface area contributed by atoms with E-state index in [1.165, 1.54) is 17.5 Å². The number of anilines is 2. The van der Waals surface area contributed by atoms with Gasteiger partial charge in [0.25, 0.3) is 0 Å². The van der Waals surface area contributed by atoms with Crippen LogP contribution in [0.3, 0.4) is 0 Å². The number of amides is 1. The predicted octanol–water partition coefficient (Wildman–Crippen LogP) is 2.39. The molecule has 1 aliphatic rings. The first kappa shape index (κ1) is 21.4. The lowest BCUT2D eigenvalue weighted by atomic mass is 10.2. The van der Waals surface area contributed by atoms with Crippen LogP contribution in [-0.2, 0) is 19.6 Å². The monoisotopic (exact) mass is 434 g/mol. The number of methoxy groups -OCH3 is 1. The molecule has 1 N–H and O–H groups in total. The maximum absolute atomic E-state index is 12.3. The van der Waals surface area contributed by atoms with Gasteiger partial charge in [0.2, 0.25) is 22.7 Å². The minimum absolute atomic E-state index is 0.0923. The molecule has 30 heavy (non-hydrogen) atoms. The summed E-state index contributed by atoms with van der Waals surface area (Å²) in [5.74, 6) is 0.236. The second-order valence-corrected chi connectivity index (χ2v) is 8.50. The number of nitrogens with one attached hydrogen (secondary N) is 1. The van der Waals surface area contributed by atoms with Crippen molar-refractivity contribution in [3.63, 3.8) is 0 Å². The zero-order valence-corrected chi connectivity index (χ0v) is 17.4. The fraction of sp³-hybridized carbons (Fsp3) is 0.300. The Balaban J connectivity index is 1.60. The first-order chi connectivity index (χ1) is 14.3. The Morgan fingerprint density at radius 2 is 1.90 bits per heavy atom. The van der Waals surface area contributed by atoms with E-state index < -0.39 is 16.0 Å². The van der Waals surface area contributed by atoms with Gasteiger partial charge >= 0.3 is 5.97 Å². The lowest BCUT2D eigenvalue weighted by Gasteiger charge is -2.22. The fourth-order valence-corrected chi connectivity index (χ4v) is 3.93. The number of esters is 1. The molecule has 1 amide bonds. The Kier molecular flexibility index (Phi) is 6.46. The van der Waals surface area contributed by atoms with Gasteiger partial charge in [-0.2, -0.15) is 0 Å². The van der Waals surface area contributed by atoms with Gasteiger partial charge in [-0.1, -0.05) is 6.07 Å². The number of hydrogen-bond acceptors (Lipinski definition) is 7. The first-order valence-electron chi connectivity index (χ1n) is 9.13. The van der Waals surface area contributed by atoms with Crippen LogP contribution in [0.2, 0.25) is 0 Å². The Morgan fingerprint density at radius 3 is 2.63 bits per heavy atom. The topological polar surface area (TPSA) is 111 Å². The lowest BCUT2D eigenvalue weighted by molar-refractivity contribution is -0.116. The smallest absolute Gasteiger partial charge is 0.337 e. The van der Waals surface area contributed by atoms with Crippen molar-refractivity contribution >= 4 is 33.3 Å². The summed E-state index contributed by atoms with van der Waals surface area (Å²) in [6.45, 7) is 0.211.